The maximum atomic E-state index is 12.8. The van der Waals surface area contributed by atoms with Gasteiger partial charge in [0.25, 0.3) is 11.8 Å². The van der Waals surface area contributed by atoms with Crippen molar-refractivity contribution >= 4 is 23.4 Å². The van der Waals surface area contributed by atoms with Crippen molar-refractivity contribution in [1.29, 1.82) is 0 Å². The van der Waals surface area contributed by atoms with Crippen LogP contribution in [0.4, 0.5) is 0 Å². The molecule has 0 atom stereocenters. The Morgan fingerprint density at radius 3 is 2.76 bits per heavy atom. The van der Waals surface area contributed by atoms with E-state index in [-0.39, 0.29) is 11.8 Å². The van der Waals surface area contributed by atoms with Gasteiger partial charge in [-0.2, -0.15) is 0 Å². The van der Waals surface area contributed by atoms with Crippen LogP contribution in [0.3, 0.4) is 0 Å². The molecule has 0 saturated heterocycles. The monoisotopic (exact) mass is 478 g/mol. The van der Waals surface area contributed by atoms with Gasteiger partial charge in [0.1, 0.15) is 12.4 Å². The number of nitrogens with one attached hydrogen (secondary N) is 2. The molecule has 0 radical (unpaired) electrons. The van der Waals surface area contributed by atoms with Crippen LogP contribution in [0, 0.1) is 0 Å². The highest BCUT2D eigenvalue weighted by Gasteiger charge is 2.14. The third kappa shape index (κ3) is 6.37. The highest BCUT2D eigenvalue weighted by Crippen LogP contribution is 2.24. The molecular formula is C27H27ClN2O4. The van der Waals surface area contributed by atoms with Gasteiger partial charge in [0.05, 0.1) is 13.2 Å². The Kier molecular flexibility index (Phi) is 8.17. The summed E-state index contributed by atoms with van der Waals surface area (Å²) in [5.41, 5.74) is 3.96. The van der Waals surface area contributed by atoms with Crippen LogP contribution in [0.25, 0.3) is 0 Å². The fourth-order valence-corrected chi connectivity index (χ4v) is 4.04. The van der Waals surface area contributed by atoms with Gasteiger partial charge in [-0.15, -0.1) is 0 Å². The van der Waals surface area contributed by atoms with Crippen molar-refractivity contribution in [1.82, 2.24) is 10.6 Å². The summed E-state index contributed by atoms with van der Waals surface area (Å²) in [5.74, 6) is 0.402. The van der Waals surface area contributed by atoms with Gasteiger partial charge in [0, 0.05) is 35.7 Å². The van der Waals surface area contributed by atoms with Crippen LogP contribution in [0.5, 0.6) is 5.75 Å². The van der Waals surface area contributed by atoms with Gasteiger partial charge in [0.15, 0.2) is 0 Å². The number of halogens is 1. The van der Waals surface area contributed by atoms with Crippen molar-refractivity contribution in [3.05, 3.63) is 99.6 Å². The van der Waals surface area contributed by atoms with Gasteiger partial charge in [-0.3, -0.25) is 9.59 Å². The summed E-state index contributed by atoms with van der Waals surface area (Å²) in [4.78, 5) is 25.2. The van der Waals surface area contributed by atoms with Crippen LogP contribution in [0.1, 0.15) is 37.4 Å². The summed E-state index contributed by atoms with van der Waals surface area (Å²) in [7, 11) is 0. The maximum absolute atomic E-state index is 12.8. The Hall–Kier alpha value is -3.35. The molecule has 0 saturated carbocycles. The third-order valence-corrected chi connectivity index (χ3v) is 5.93. The molecule has 1 heterocycles. The molecule has 176 valence electrons. The molecule has 4 rings (SSSR count). The van der Waals surface area contributed by atoms with Crippen molar-refractivity contribution in [3.8, 4) is 5.75 Å². The smallest absolute Gasteiger partial charge is 0.251 e. The summed E-state index contributed by atoms with van der Waals surface area (Å²) in [6, 6.07) is 20.5. The number of fused-ring (bicyclic) bond motifs is 3. The molecule has 0 aliphatic carbocycles. The van der Waals surface area contributed by atoms with Crippen molar-refractivity contribution in [2.24, 2.45) is 0 Å². The summed E-state index contributed by atoms with van der Waals surface area (Å²) in [6.07, 6.45) is 1.17. The first-order valence-corrected chi connectivity index (χ1v) is 11.7. The number of hydrogen-bond acceptors (Lipinski definition) is 4. The van der Waals surface area contributed by atoms with E-state index in [0.717, 1.165) is 16.7 Å². The van der Waals surface area contributed by atoms with E-state index in [1.807, 2.05) is 54.6 Å². The van der Waals surface area contributed by atoms with E-state index in [0.29, 0.717) is 67.7 Å². The van der Waals surface area contributed by atoms with Crippen molar-refractivity contribution in [2.75, 3.05) is 32.9 Å². The Bertz CT molecular complexity index is 1160. The average Bonchev–Trinajstić information content (AvgIpc) is 2.85. The zero-order chi connectivity index (χ0) is 23.8. The van der Waals surface area contributed by atoms with E-state index in [1.54, 1.807) is 12.1 Å². The number of hydrogen-bond donors (Lipinski definition) is 2. The molecule has 1 aliphatic rings. The van der Waals surface area contributed by atoms with Gasteiger partial charge in [0.2, 0.25) is 0 Å². The normalized spacial score (nSPS) is 14.2. The number of benzene rings is 3. The molecule has 3 aromatic rings. The number of rotatable bonds is 4. The lowest BCUT2D eigenvalue weighted by atomic mass is 9.99. The van der Waals surface area contributed by atoms with E-state index in [2.05, 4.69) is 10.6 Å². The van der Waals surface area contributed by atoms with Crippen LogP contribution in [-0.4, -0.2) is 44.7 Å². The largest absolute Gasteiger partial charge is 0.491 e. The van der Waals surface area contributed by atoms with Gasteiger partial charge >= 0.3 is 0 Å². The minimum atomic E-state index is -0.161. The number of carbonyl (C=O) groups is 2. The molecule has 7 heteroatoms. The second-order valence-corrected chi connectivity index (χ2v) is 8.42. The van der Waals surface area contributed by atoms with Crippen molar-refractivity contribution in [2.45, 2.75) is 12.8 Å². The first kappa shape index (κ1) is 23.8. The van der Waals surface area contributed by atoms with Crippen LogP contribution < -0.4 is 15.4 Å². The second kappa shape index (κ2) is 11.7. The minimum Gasteiger partial charge on any atom is -0.491 e. The highest BCUT2D eigenvalue weighted by molar-refractivity contribution is 6.31. The van der Waals surface area contributed by atoms with E-state index in [9.17, 15) is 9.59 Å². The zero-order valence-corrected chi connectivity index (χ0v) is 19.6. The molecule has 0 aromatic heterocycles. The van der Waals surface area contributed by atoms with Crippen LogP contribution in [-0.2, 0) is 17.6 Å². The van der Waals surface area contributed by atoms with Crippen LogP contribution in [0.2, 0.25) is 5.02 Å². The van der Waals surface area contributed by atoms with Crippen molar-refractivity contribution < 1.29 is 19.1 Å². The predicted octanol–water partition coefficient (Wildman–Crippen LogP) is 4.04. The zero-order valence-electron chi connectivity index (χ0n) is 18.8. The second-order valence-electron chi connectivity index (χ2n) is 8.01. The standard InChI is InChI=1S/C27H27ClN2O4/c28-24-7-2-1-5-20(24)10-11-29-27(32)22-8-9-25-23(18-22)17-19-4-3-6-21(16-19)26(31)30-12-13-33-14-15-34-25/h1-9,16,18H,10-15,17H2,(H,29,32)(H,30,31). The Labute approximate surface area is 204 Å². The Morgan fingerprint density at radius 2 is 1.88 bits per heavy atom. The molecule has 1 aliphatic heterocycles. The fraction of sp³-hybridized carbons (Fsp3) is 0.259. The first-order chi connectivity index (χ1) is 16.6. The molecule has 2 N–H and O–H groups in total. The van der Waals surface area contributed by atoms with E-state index >= 15 is 0 Å². The summed E-state index contributed by atoms with van der Waals surface area (Å²) in [6.45, 7) is 2.11. The molecule has 6 nitrogen and oxygen atoms in total. The van der Waals surface area contributed by atoms with E-state index in [4.69, 9.17) is 21.1 Å². The molecule has 34 heavy (non-hydrogen) atoms. The topological polar surface area (TPSA) is 76.7 Å². The van der Waals surface area contributed by atoms with Crippen LogP contribution >= 0.6 is 11.6 Å². The van der Waals surface area contributed by atoms with E-state index in [1.165, 1.54) is 0 Å². The van der Waals surface area contributed by atoms with Crippen molar-refractivity contribution in [3.63, 3.8) is 0 Å². The maximum Gasteiger partial charge on any atom is 0.251 e. The van der Waals surface area contributed by atoms with Gasteiger partial charge in [-0.25, -0.2) is 0 Å². The van der Waals surface area contributed by atoms with E-state index < -0.39 is 0 Å². The number of amides is 2. The number of ether oxygens (including phenoxy) is 2. The molecule has 2 bridgehead atoms. The summed E-state index contributed by atoms with van der Waals surface area (Å²) in [5, 5.41) is 6.52. The quantitative estimate of drug-likeness (QED) is 0.593. The lowest BCUT2D eigenvalue weighted by Crippen LogP contribution is -2.28. The highest BCUT2D eigenvalue weighted by atomic mass is 35.5. The first-order valence-electron chi connectivity index (χ1n) is 11.3. The molecular weight excluding hydrogens is 452 g/mol. The average molecular weight is 479 g/mol. The lowest BCUT2D eigenvalue weighted by molar-refractivity contribution is 0.0865. The molecule has 0 fully saturated rings. The summed E-state index contributed by atoms with van der Waals surface area (Å²) < 4.78 is 11.5. The van der Waals surface area contributed by atoms with Gasteiger partial charge in [-0.05, 0) is 59.5 Å². The predicted molar refractivity (Wildman–Crippen MR) is 132 cm³/mol. The lowest BCUT2D eigenvalue weighted by Gasteiger charge is -2.15. The third-order valence-electron chi connectivity index (χ3n) is 5.56. The fourth-order valence-electron chi connectivity index (χ4n) is 3.81. The Balaban J connectivity index is 1.51. The van der Waals surface area contributed by atoms with Crippen LogP contribution in [0.15, 0.2) is 66.7 Å². The molecule has 0 unspecified atom stereocenters. The molecule has 0 spiro atoms. The summed E-state index contributed by atoms with van der Waals surface area (Å²) >= 11 is 6.21. The number of carbonyl (C=O) groups excluding carboxylic acids is 2. The molecule has 3 aromatic carbocycles. The SMILES string of the molecule is O=C1NCCOCCOc2ccc(C(=O)NCCc3ccccc3Cl)cc2Cc2cccc1c2. The van der Waals surface area contributed by atoms with Gasteiger partial charge in [-0.1, -0.05) is 41.9 Å². The molecule has 2 amide bonds. The minimum absolute atomic E-state index is 0.134. The van der Waals surface area contributed by atoms with Gasteiger partial charge < -0.3 is 20.1 Å². The Morgan fingerprint density at radius 1 is 1.00 bits per heavy atom.